The van der Waals surface area contributed by atoms with Crippen LogP contribution in [0.25, 0.3) is 0 Å². The second-order valence-corrected chi connectivity index (χ2v) is 8.91. The molecule has 1 unspecified atom stereocenters. The van der Waals surface area contributed by atoms with E-state index in [2.05, 4.69) is 47.8 Å². The normalized spacial score (nSPS) is 23.3. The molecule has 3 rings (SSSR count). The van der Waals surface area contributed by atoms with Crippen LogP contribution in [0, 0.1) is 10.8 Å². The molecule has 1 aromatic heterocycles. The molecule has 1 saturated heterocycles. The molecule has 0 bridgehead atoms. The van der Waals surface area contributed by atoms with Gasteiger partial charge in [0.05, 0.1) is 0 Å². The summed E-state index contributed by atoms with van der Waals surface area (Å²) in [5.41, 5.74) is 1.68. The van der Waals surface area contributed by atoms with Gasteiger partial charge in [-0.2, -0.15) is 11.3 Å². The molecule has 1 saturated carbocycles. The molecular weight excluding hydrogens is 304 g/mol. The van der Waals surface area contributed by atoms with E-state index in [1.54, 1.807) is 17.4 Å². The van der Waals surface area contributed by atoms with Gasteiger partial charge in [-0.3, -0.25) is 4.79 Å². The zero-order valence-electron chi connectivity index (χ0n) is 14.5. The molecule has 1 N–H and O–H groups in total. The molecule has 1 aromatic rings. The Morgan fingerprint density at radius 3 is 2.78 bits per heavy atom. The summed E-state index contributed by atoms with van der Waals surface area (Å²) in [6.07, 6.45) is 7.41. The molecule has 1 aliphatic carbocycles. The highest BCUT2D eigenvalue weighted by atomic mass is 32.1. The Kier molecular flexibility index (Phi) is 4.65. The lowest BCUT2D eigenvalue weighted by molar-refractivity contribution is -0.127. The minimum atomic E-state index is 0.0414. The van der Waals surface area contributed by atoms with Gasteiger partial charge in [-0.25, -0.2) is 0 Å². The van der Waals surface area contributed by atoms with Crippen LogP contribution >= 0.6 is 11.3 Å². The number of piperidine rings is 1. The largest absolute Gasteiger partial charge is 0.331 e. The fraction of sp³-hybridized carbons (Fsp3) is 0.632. The van der Waals surface area contributed by atoms with E-state index < -0.39 is 0 Å². The number of rotatable bonds is 4. The van der Waals surface area contributed by atoms with E-state index >= 15 is 0 Å². The van der Waals surface area contributed by atoms with Crippen molar-refractivity contribution in [2.24, 2.45) is 10.8 Å². The van der Waals surface area contributed by atoms with Gasteiger partial charge in [0.1, 0.15) is 0 Å². The number of carbonyl (C=O) groups excluding carboxylic acids is 1. The first kappa shape index (κ1) is 16.7. The molecule has 1 spiro atoms. The smallest absolute Gasteiger partial charge is 0.246 e. The number of carbonyl (C=O) groups is 1. The first-order valence-corrected chi connectivity index (χ1v) is 9.56. The lowest BCUT2D eigenvalue weighted by Gasteiger charge is -2.29. The number of hydrogen-bond acceptors (Lipinski definition) is 3. The van der Waals surface area contributed by atoms with Crippen LogP contribution in [0.2, 0.25) is 0 Å². The van der Waals surface area contributed by atoms with E-state index in [4.69, 9.17) is 0 Å². The zero-order valence-corrected chi connectivity index (χ0v) is 15.3. The Labute approximate surface area is 143 Å². The molecule has 23 heavy (non-hydrogen) atoms. The molecule has 126 valence electrons. The monoisotopic (exact) mass is 332 g/mol. The third-order valence-corrected chi connectivity index (χ3v) is 5.80. The predicted octanol–water partition coefficient (Wildman–Crippen LogP) is 3.82. The Hall–Kier alpha value is -1.13. The SMILES string of the molecule is CC(C)(C)/C=C/C(=O)N(Cc1ccsc1)C1CC12CCNCC2. The van der Waals surface area contributed by atoms with Crippen molar-refractivity contribution in [1.29, 1.82) is 0 Å². The minimum Gasteiger partial charge on any atom is -0.331 e. The maximum atomic E-state index is 12.9. The second kappa shape index (κ2) is 6.40. The van der Waals surface area contributed by atoms with E-state index in [-0.39, 0.29) is 11.3 Å². The first-order valence-electron chi connectivity index (χ1n) is 8.61. The van der Waals surface area contributed by atoms with Crippen LogP contribution in [-0.2, 0) is 11.3 Å². The molecular formula is C19H28N2OS. The highest BCUT2D eigenvalue weighted by Gasteiger charge is 2.57. The van der Waals surface area contributed by atoms with Gasteiger partial charge < -0.3 is 10.2 Å². The third-order valence-electron chi connectivity index (χ3n) is 5.06. The molecule has 2 fully saturated rings. The molecule has 1 atom stereocenters. The summed E-state index contributed by atoms with van der Waals surface area (Å²) in [5, 5.41) is 7.70. The van der Waals surface area contributed by atoms with Crippen LogP contribution in [0.3, 0.4) is 0 Å². The minimum absolute atomic E-state index is 0.0414. The fourth-order valence-electron chi connectivity index (χ4n) is 3.57. The standard InChI is InChI=1S/C19H28N2OS/c1-18(2,3)6-4-17(22)21(13-15-5-11-23-14-15)16-12-19(16)7-9-20-10-8-19/h4-6,11,14,16,20H,7-10,12-13H2,1-3H3/b6-4+. The van der Waals surface area contributed by atoms with Crippen LogP contribution in [0.5, 0.6) is 0 Å². The Morgan fingerprint density at radius 1 is 1.43 bits per heavy atom. The van der Waals surface area contributed by atoms with Crippen molar-refractivity contribution in [3.63, 3.8) is 0 Å². The van der Waals surface area contributed by atoms with Gasteiger partial charge in [-0.05, 0) is 71.6 Å². The van der Waals surface area contributed by atoms with E-state index in [1.807, 2.05) is 6.08 Å². The van der Waals surface area contributed by atoms with Crippen LogP contribution in [-0.4, -0.2) is 29.9 Å². The average molecular weight is 333 g/mol. The van der Waals surface area contributed by atoms with E-state index in [9.17, 15) is 4.79 Å². The van der Waals surface area contributed by atoms with Gasteiger partial charge in [0, 0.05) is 12.6 Å². The number of nitrogens with one attached hydrogen (secondary N) is 1. The molecule has 4 heteroatoms. The van der Waals surface area contributed by atoms with Crippen molar-refractivity contribution in [2.75, 3.05) is 13.1 Å². The van der Waals surface area contributed by atoms with Crippen LogP contribution in [0.15, 0.2) is 29.0 Å². The zero-order chi connectivity index (χ0) is 16.5. The molecule has 0 aromatic carbocycles. The first-order chi connectivity index (χ1) is 10.9. The maximum Gasteiger partial charge on any atom is 0.246 e. The van der Waals surface area contributed by atoms with E-state index in [0.29, 0.717) is 11.5 Å². The Morgan fingerprint density at radius 2 is 2.17 bits per heavy atom. The molecule has 2 aliphatic rings. The van der Waals surface area contributed by atoms with Gasteiger partial charge in [0.15, 0.2) is 0 Å². The summed E-state index contributed by atoms with van der Waals surface area (Å²) < 4.78 is 0. The van der Waals surface area contributed by atoms with Crippen molar-refractivity contribution >= 4 is 17.2 Å². The van der Waals surface area contributed by atoms with Gasteiger partial charge >= 0.3 is 0 Å². The van der Waals surface area contributed by atoms with Crippen molar-refractivity contribution in [3.05, 3.63) is 34.5 Å². The van der Waals surface area contributed by atoms with Crippen LogP contribution in [0.4, 0.5) is 0 Å². The number of allylic oxidation sites excluding steroid dienone is 1. The van der Waals surface area contributed by atoms with Crippen molar-refractivity contribution in [1.82, 2.24) is 10.2 Å². The van der Waals surface area contributed by atoms with Crippen molar-refractivity contribution < 1.29 is 4.79 Å². The highest BCUT2D eigenvalue weighted by molar-refractivity contribution is 7.07. The summed E-state index contributed by atoms with van der Waals surface area (Å²) in [4.78, 5) is 15.0. The summed E-state index contributed by atoms with van der Waals surface area (Å²) in [6.45, 7) is 9.32. The van der Waals surface area contributed by atoms with Gasteiger partial charge in [-0.15, -0.1) is 0 Å². The lowest BCUT2D eigenvalue weighted by atomic mass is 9.93. The van der Waals surface area contributed by atoms with Crippen molar-refractivity contribution in [3.8, 4) is 0 Å². The summed E-state index contributed by atoms with van der Waals surface area (Å²) in [6, 6.07) is 2.55. The summed E-state index contributed by atoms with van der Waals surface area (Å²) >= 11 is 1.70. The van der Waals surface area contributed by atoms with Crippen LogP contribution in [0.1, 0.15) is 45.6 Å². The van der Waals surface area contributed by atoms with Gasteiger partial charge in [0.2, 0.25) is 5.91 Å². The van der Waals surface area contributed by atoms with E-state index in [1.165, 1.54) is 24.8 Å². The van der Waals surface area contributed by atoms with Gasteiger partial charge in [-0.1, -0.05) is 26.8 Å². The molecule has 3 nitrogen and oxygen atoms in total. The Balaban J connectivity index is 1.74. The molecule has 0 radical (unpaired) electrons. The highest BCUT2D eigenvalue weighted by Crippen LogP contribution is 2.56. The summed E-state index contributed by atoms with van der Waals surface area (Å²) in [5.74, 6) is 0.173. The van der Waals surface area contributed by atoms with Crippen molar-refractivity contribution in [2.45, 2.75) is 52.6 Å². The molecule has 1 aliphatic heterocycles. The predicted molar refractivity (Wildman–Crippen MR) is 96.4 cm³/mol. The molecule has 1 amide bonds. The number of thiophene rings is 1. The fourth-order valence-corrected chi connectivity index (χ4v) is 4.23. The average Bonchev–Trinajstić information content (AvgIpc) is 2.95. The third kappa shape index (κ3) is 4.04. The van der Waals surface area contributed by atoms with E-state index in [0.717, 1.165) is 19.6 Å². The lowest BCUT2D eigenvalue weighted by Crippen LogP contribution is -2.38. The topological polar surface area (TPSA) is 32.3 Å². The second-order valence-electron chi connectivity index (χ2n) is 8.13. The number of nitrogens with zero attached hydrogens (tertiary/aromatic N) is 1. The quantitative estimate of drug-likeness (QED) is 0.850. The summed E-state index contributed by atoms with van der Waals surface area (Å²) in [7, 11) is 0. The number of hydrogen-bond donors (Lipinski definition) is 1. The van der Waals surface area contributed by atoms with Crippen LogP contribution < -0.4 is 5.32 Å². The molecule has 2 heterocycles. The maximum absolute atomic E-state index is 12.9. The van der Waals surface area contributed by atoms with Gasteiger partial charge in [0.25, 0.3) is 0 Å². The Bertz CT molecular complexity index is 565. The number of amides is 1.